The molecule has 0 spiro atoms. The second kappa shape index (κ2) is 7.96. The number of thiophene rings is 1. The molecule has 1 aromatic carbocycles. The average molecular weight is 496 g/mol. The number of halogens is 6. The van der Waals surface area contributed by atoms with Gasteiger partial charge in [-0.15, -0.1) is 11.3 Å². The summed E-state index contributed by atoms with van der Waals surface area (Å²) in [5, 5.41) is 11.4. The van der Waals surface area contributed by atoms with Crippen molar-refractivity contribution in [2.24, 2.45) is 0 Å². The molecule has 0 bridgehead atoms. The zero-order valence-corrected chi connectivity index (χ0v) is 17.9. The number of hydrogen-bond donors (Lipinski definition) is 2. The Morgan fingerprint density at radius 3 is 2.70 bits per heavy atom. The molecule has 2 atom stereocenters. The lowest BCUT2D eigenvalue weighted by Gasteiger charge is -2.32. The summed E-state index contributed by atoms with van der Waals surface area (Å²) in [5.74, 6) is -0.868. The lowest BCUT2D eigenvalue weighted by molar-refractivity contribution is -0.173. The van der Waals surface area contributed by atoms with Crippen molar-refractivity contribution < 1.29 is 18.0 Å². The molecule has 0 saturated heterocycles. The Morgan fingerprint density at radius 1 is 1.27 bits per heavy atom. The molecule has 1 amide bonds. The van der Waals surface area contributed by atoms with Gasteiger partial charge in [0.1, 0.15) is 10.8 Å². The van der Waals surface area contributed by atoms with Crippen LogP contribution in [-0.2, 0) is 0 Å². The maximum atomic E-state index is 13.8. The van der Waals surface area contributed by atoms with E-state index in [2.05, 4.69) is 15.7 Å². The van der Waals surface area contributed by atoms with Crippen LogP contribution < -0.4 is 10.6 Å². The monoisotopic (exact) mass is 494 g/mol. The number of rotatable bonds is 3. The van der Waals surface area contributed by atoms with Gasteiger partial charge in [-0.1, -0.05) is 40.9 Å². The number of nitrogens with zero attached hydrogens (tertiary/aromatic N) is 2. The van der Waals surface area contributed by atoms with Crippen LogP contribution in [0.3, 0.4) is 0 Å². The van der Waals surface area contributed by atoms with Crippen molar-refractivity contribution in [1.82, 2.24) is 9.78 Å². The Kier molecular flexibility index (Phi) is 5.65. The fourth-order valence-corrected chi connectivity index (χ4v) is 4.58. The third-order valence-corrected chi connectivity index (χ3v) is 6.48. The predicted octanol–water partition coefficient (Wildman–Crippen LogP) is 6.82. The van der Waals surface area contributed by atoms with Gasteiger partial charge in [0.15, 0.2) is 11.7 Å². The summed E-state index contributed by atoms with van der Waals surface area (Å²) in [5.41, 5.74) is -0.163. The molecule has 0 radical (unpaired) electrons. The van der Waals surface area contributed by atoms with Crippen molar-refractivity contribution >= 4 is 63.6 Å². The number of alkyl halides is 3. The molecule has 30 heavy (non-hydrogen) atoms. The highest BCUT2D eigenvalue weighted by Crippen LogP contribution is 2.47. The van der Waals surface area contributed by atoms with Gasteiger partial charge < -0.3 is 10.6 Å². The molecule has 2 N–H and O–H groups in total. The Labute approximate surface area is 187 Å². The average Bonchev–Trinajstić information content (AvgIpc) is 3.32. The Morgan fingerprint density at radius 2 is 2.03 bits per heavy atom. The van der Waals surface area contributed by atoms with Crippen molar-refractivity contribution in [1.29, 1.82) is 0 Å². The number of benzene rings is 1. The Bertz CT molecular complexity index is 1100. The molecular weight excluding hydrogens is 484 g/mol. The summed E-state index contributed by atoms with van der Waals surface area (Å²) in [6, 6.07) is 5.37. The van der Waals surface area contributed by atoms with Gasteiger partial charge in [0.05, 0.1) is 16.8 Å². The van der Waals surface area contributed by atoms with Gasteiger partial charge in [-0.05, 0) is 29.6 Å². The van der Waals surface area contributed by atoms with Crippen molar-refractivity contribution in [3.63, 3.8) is 0 Å². The van der Waals surface area contributed by atoms with Gasteiger partial charge in [-0.2, -0.15) is 18.3 Å². The van der Waals surface area contributed by atoms with E-state index in [-0.39, 0.29) is 33.7 Å². The minimum absolute atomic E-state index is 0.0639. The van der Waals surface area contributed by atoms with E-state index in [9.17, 15) is 18.0 Å². The summed E-state index contributed by atoms with van der Waals surface area (Å²) in [6.45, 7) is 0. The molecule has 2 aromatic heterocycles. The molecule has 3 aromatic rings. The van der Waals surface area contributed by atoms with Crippen LogP contribution in [0.1, 0.15) is 33.9 Å². The molecule has 0 fully saturated rings. The van der Waals surface area contributed by atoms with Crippen molar-refractivity contribution in [2.45, 2.75) is 24.7 Å². The van der Waals surface area contributed by atoms with Gasteiger partial charge in [0, 0.05) is 16.3 Å². The highest BCUT2D eigenvalue weighted by Gasteiger charge is 2.48. The van der Waals surface area contributed by atoms with Crippen LogP contribution >= 0.6 is 46.1 Å². The van der Waals surface area contributed by atoms with E-state index in [1.54, 1.807) is 17.5 Å². The van der Waals surface area contributed by atoms with E-state index < -0.39 is 24.2 Å². The molecule has 1 aliphatic rings. The summed E-state index contributed by atoms with van der Waals surface area (Å²) < 4.78 is 42.0. The molecule has 4 rings (SSSR count). The standard InChI is InChI=1S/C18H12Cl3F3N4OS/c19-8-3-4-9(20)10(6-8)26-17(29)15-14(21)16-25-11(12-2-1-5-30-12)7-13(18(22,23)24)28(16)27-15/h1-6,11,13,25H,7H2,(H,26,29)/t11-,13+/m1/s1. The lowest BCUT2D eigenvalue weighted by Crippen LogP contribution is -2.35. The van der Waals surface area contributed by atoms with E-state index in [1.807, 2.05) is 0 Å². The molecular formula is C18H12Cl3F3N4OS. The molecule has 3 heterocycles. The van der Waals surface area contributed by atoms with Gasteiger partial charge in [-0.25, -0.2) is 4.68 Å². The summed E-state index contributed by atoms with van der Waals surface area (Å²) in [6.07, 6.45) is -4.86. The van der Waals surface area contributed by atoms with Crippen molar-refractivity contribution in [3.05, 3.63) is 61.4 Å². The van der Waals surface area contributed by atoms with E-state index in [0.29, 0.717) is 5.02 Å². The summed E-state index contributed by atoms with van der Waals surface area (Å²) in [4.78, 5) is 13.4. The second-order valence-corrected chi connectivity index (χ2v) is 8.74. The predicted molar refractivity (Wildman–Crippen MR) is 112 cm³/mol. The summed E-state index contributed by atoms with van der Waals surface area (Å²) in [7, 11) is 0. The quantitative estimate of drug-likeness (QED) is 0.419. The normalized spacial score (nSPS) is 18.6. The topological polar surface area (TPSA) is 59.0 Å². The third kappa shape index (κ3) is 3.99. The van der Waals surface area contributed by atoms with Crippen LogP contribution in [0.4, 0.5) is 24.7 Å². The Balaban J connectivity index is 1.71. The molecule has 5 nitrogen and oxygen atoms in total. The molecule has 1 aliphatic heterocycles. The van der Waals surface area contributed by atoms with Crippen LogP contribution in [0.5, 0.6) is 0 Å². The van der Waals surface area contributed by atoms with Crippen molar-refractivity contribution in [2.75, 3.05) is 10.6 Å². The zero-order chi connectivity index (χ0) is 21.6. The fraction of sp³-hybridized carbons (Fsp3) is 0.222. The maximum Gasteiger partial charge on any atom is 0.410 e. The number of amides is 1. The second-order valence-electron chi connectivity index (χ2n) is 6.54. The van der Waals surface area contributed by atoms with Crippen LogP contribution in [-0.4, -0.2) is 21.9 Å². The van der Waals surface area contributed by atoms with Gasteiger partial charge in [0.2, 0.25) is 0 Å². The number of aromatic nitrogens is 2. The van der Waals surface area contributed by atoms with Crippen LogP contribution in [0.25, 0.3) is 0 Å². The van der Waals surface area contributed by atoms with Gasteiger partial charge >= 0.3 is 6.18 Å². The van der Waals surface area contributed by atoms with E-state index in [0.717, 1.165) is 9.56 Å². The molecule has 158 valence electrons. The lowest BCUT2D eigenvalue weighted by atomic mass is 10.0. The van der Waals surface area contributed by atoms with E-state index in [4.69, 9.17) is 34.8 Å². The van der Waals surface area contributed by atoms with Gasteiger partial charge in [-0.3, -0.25) is 4.79 Å². The van der Waals surface area contributed by atoms with Crippen molar-refractivity contribution in [3.8, 4) is 0 Å². The first-order valence-electron chi connectivity index (χ1n) is 8.56. The first kappa shape index (κ1) is 21.3. The van der Waals surface area contributed by atoms with Gasteiger partial charge in [0.25, 0.3) is 5.91 Å². The number of carbonyl (C=O) groups is 1. The fourth-order valence-electron chi connectivity index (χ4n) is 3.19. The Hall–Kier alpha value is -1.94. The maximum absolute atomic E-state index is 13.8. The number of nitrogens with one attached hydrogen (secondary N) is 2. The first-order valence-corrected chi connectivity index (χ1v) is 10.6. The number of anilines is 2. The minimum atomic E-state index is -4.58. The smallest absolute Gasteiger partial charge is 0.361 e. The highest BCUT2D eigenvalue weighted by atomic mass is 35.5. The zero-order valence-electron chi connectivity index (χ0n) is 14.8. The molecule has 0 aliphatic carbocycles. The minimum Gasteiger partial charge on any atom is -0.361 e. The third-order valence-electron chi connectivity index (χ3n) is 4.57. The van der Waals surface area contributed by atoms with Crippen LogP contribution in [0.2, 0.25) is 15.1 Å². The number of carbonyl (C=O) groups excluding carboxylic acids is 1. The van der Waals surface area contributed by atoms with Crippen LogP contribution in [0, 0.1) is 0 Å². The first-order chi connectivity index (χ1) is 14.1. The summed E-state index contributed by atoms with van der Waals surface area (Å²) >= 11 is 19.6. The molecule has 12 heteroatoms. The van der Waals surface area contributed by atoms with E-state index in [1.165, 1.54) is 29.5 Å². The molecule has 0 saturated carbocycles. The number of hydrogen-bond acceptors (Lipinski definition) is 4. The molecule has 0 unspecified atom stereocenters. The van der Waals surface area contributed by atoms with E-state index >= 15 is 0 Å². The largest absolute Gasteiger partial charge is 0.410 e. The van der Waals surface area contributed by atoms with Crippen LogP contribution in [0.15, 0.2) is 35.7 Å². The SMILES string of the molecule is O=C(Nc1cc(Cl)ccc1Cl)c1nn2c(c1Cl)N[C@@H](c1cccs1)C[C@H]2C(F)(F)F. The number of fused-ring (bicyclic) bond motifs is 1. The highest BCUT2D eigenvalue weighted by molar-refractivity contribution is 7.10.